The molecule has 13 nitrogen and oxygen atoms in total. The van der Waals surface area contributed by atoms with Crippen LogP contribution in [0.3, 0.4) is 0 Å². The topological polar surface area (TPSA) is 176 Å². The fourth-order valence-corrected chi connectivity index (χ4v) is 10.5. The van der Waals surface area contributed by atoms with Gasteiger partial charge in [0.1, 0.15) is 17.2 Å². The molecular formula is C44H65N7O6S2. The second kappa shape index (κ2) is 21.1. The summed E-state index contributed by atoms with van der Waals surface area (Å²) in [5.74, 6) is -1.67. The number of rotatable bonds is 19. The first-order valence-corrected chi connectivity index (χ1v) is 23.7. The number of nitrogens with zero attached hydrogens (tertiary/aromatic N) is 3. The zero-order valence-corrected chi connectivity index (χ0v) is 37.4. The molecule has 2 aliphatic rings. The van der Waals surface area contributed by atoms with Crippen LogP contribution in [-0.4, -0.2) is 92.3 Å². The van der Waals surface area contributed by atoms with Crippen molar-refractivity contribution in [2.24, 2.45) is 11.8 Å². The van der Waals surface area contributed by atoms with Crippen LogP contribution >= 0.6 is 11.3 Å². The number of nitrogen functional groups attached to an aromatic ring is 1. The van der Waals surface area contributed by atoms with E-state index in [2.05, 4.69) is 34.1 Å². The van der Waals surface area contributed by atoms with Crippen LogP contribution in [0.5, 0.6) is 0 Å². The summed E-state index contributed by atoms with van der Waals surface area (Å²) in [7, 11) is -0.148. The van der Waals surface area contributed by atoms with E-state index < -0.39 is 27.9 Å². The highest BCUT2D eigenvalue weighted by molar-refractivity contribution is 7.89. The van der Waals surface area contributed by atoms with Crippen molar-refractivity contribution >= 4 is 44.8 Å². The lowest BCUT2D eigenvalue weighted by molar-refractivity contribution is -0.141. The number of thiazole rings is 1. The van der Waals surface area contributed by atoms with Crippen LogP contribution in [0.4, 0.5) is 5.69 Å². The van der Waals surface area contributed by atoms with Gasteiger partial charge in [0.05, 0.1) is 23.4 Å². The lowest BCUT2D eigenvalue weighted by atomic mass is 9.79. The number of fused-ring (bicyclic) bond motifs is 1. The molecular weight excluding hydrogens is 787 g/mol. The van der Waals surface area contributed by atoms with E-state index in [4.69, 9.17) is 15.5 Å². The molecule has 5 N–H and O–H groups in total. The van der Waals surface area contributed by atoms with Gasteiger partial charge >= 0.3 is 0 Å². The van der Waals surface area contributed by atoms with Crippen molar-refractivity contribution in [3.8, 4) is 0 Å². The van der Waals surface area contributed by atoms with Gasteiger partial charge in [0, 0.05) is 49.8 Å². The number of hydrogen-bond donors (Lipinski definition) is 4. The van der Waals surface area contributed by atoms with Crippen LogP contribution in [0, 0.1) is 11.8 Å². The number of likely N-dealkylation sites (tertiary alicyclic amines) is 1. The molecule has 2 aromatic carbocycles. The fourth-order valence-electron chi connectivity index (χ4n) is 8.45. The van der Waals surface area contributed by atoms with Gasteiger partial charge in [0.25, 0.3) is 0 Å². The summed E-state index contributed by atoms with van der Waals surface area (Å²) < 4.78 is 34.8. The van der Waals surface area contributed by atoms with E-state index in [9.17, 15) is 22.8 Å². The minimum Gasteiger partial charge on any atom is -0.399 e. The number of sulfonamides is 1. The van der Waals surface area contributed by atoms with Crippen molar-refractivity contribution < 1.29 is 27.5 Å². The lowest BCUT2D eigenvalue weighted by Gasteiger charge is -2.38. The molecule has 3 aromatic rings. The molecule has 1 aliphatic carbocycles. The molecule has 1 fully saturated rings. The van der Waals surface area contributed by atoms with E-state index in [1.54, 1.807) is 24.3 Å². The maximum absolute atomic E-state index is 14.3. The van der Waals surface area contributed by atoms with Gasteiger partial charge in [-0.1, -0.05) is 76.9 Å². The van der Waals surface area contributed by atoms with Crippen LogP contribution < -0.4 is 21.1 Å². The van der Waals surface area contributed by atoms with Crippen molar-refractivity contribution in [1.29, 1.82) is 0 Å². The molecule has 0 bridgehead atoms. The van der Waals surface area contributed by atoms with Crippen molar-refractivity contribution in [1.82, 2.24) is 30.1 Å². The molecule has 0 radical (unpaired) electrons. The molecule has 324 valence electrons. The van der Waals surface area contributed by atoms with E-state index >= 15 is 0 Å². The van der Waals surface area contributed by atoms with Crippen molar-refractivity contribution in [2.75, 3.05) is 33.0 Å². The van der Waals surface area contributed by atoms with Crippen molar-refractivity contribution in [3.05, 3.63) is 81.3 Å². The van der Waals surface area contributed by atoms with Gasteiger partial charge in [0.2, 0.25) is 27.7 Å². The third-order valence-electron chi connectivity index (χ3n) is 12.0. The molecule has 1 saturated heterocycles. The molecule has 0 unspecified atom stereocenters. The zero-order valence-electron chi connectivity index (χ0n) is 35.8. The Bertz CT molecular complexity index is 1990. The smallest absolute Gasteiger partial charge is 0.245 e. The first-order valence-electron chi connectivity index (χ1n) is 21.1. The van der Waals surface area contributed by atoms with Gasteiger partial charge in [-0.2, -0.15) is 0 Å². The maximum atomic E-state index is 14.3. The van der Waals surface area contributed by atoms with Crippen LogP contribution in [0.25, 0.3) is 0 Å². The SMILES string of the molecule is CCO[C@H](C[C@H](C(C)C)N(C)C(=O)[C@@H](NC(=O)[C@H]1CCCCN1C)[C@@H](C)CC)c1nc(CN[C@H]2Cc3ccccc3[C@H](C(=O)NS(=O)(=O)Cc3cccc(N)c3)C2)cs1. The van der Waals surface area contributed by atoms with Crippen LogP contribution in [-0.2, 0) is 47.9 Å². The second-order valence-electron chi connectivity index (χ2n) is 16.7. The van der Waals surface area contributed by atoms with Gasteiger partial charge in [-0.15, -0.1) is 11.3 Å². The van der Waals surface area contributed by atoms with Gasteiger partial charge in [0.15, 0.2) is 0 Å². The molecule has 1 aromatic heterocycles. The quantitative estimate of drug-likeness (QED) is 0.112. The zero-order chi connectivity index (χ0) is 42.9. The van der Waals surface area contributed by atoms with Gasteiger partial charge < -0.3 is 26.0 Å². The van der Waals surface area contributed by atoms with Crippen molar-refractivity contribution in [3.63, 3.8) is 0 Å². The fraction of sp³-hybridized carbons (Fsp3) is 0.591. The highest BCUT2D eigenvalue weighted by Crippen LogP contribution is 2.34. The number of piperidine rings is 1. The number of nitrogens with one attached hydrogen (secondary N) is 3. The normalized spacial score (nSPS) is 20.6. The summed E-state index contributed by atoms with van der Waals surface area (Å²) in [5.41, 5.74) is 9.46. The number of ether oxygens (including phenoxy) is 1. The molecule has 15 heteroatoms. The first kappa shape index (κ1) is 46.2. The van der Waals surface area contributed by atoms with E-state index in [-0.39, 0.29) is 53.6 Å². The minimum atomic E-state index is -3.97. The van der Waals surface area contributed by atoms with E-state index in [1.165, 1.54) is 11.3 Å². The summed E-state index contributed by atoms with van der Waals surface area (Å²) >= 11 is 1.52. The van der Waals surface area contributed by atoms with E-state index in [0.717, 1.165) is 54.1 Å². The second-order valence-corrected chi connectivity index (χ2v) is 19.3. The number of likely N-dealkylation sites (N-methyl/N-ethyl adjacent to an activating group) is 2. The third kappa shape index (κ3) is 12.3. The Labute approximate surface area is 355 Å². The highest BCUT2D eigenvalue weighted by atomic mass is 32.2. The average Bonchev–Trinajstić information content (AvgIpc) is 3.68. The van der Waals surface area contributed by atoms with E-state index in [1.807, 2.05) is 69.4 Å². The highest BCUT2D eigenvalue weighted by Gasteiger charge is 2.37. The molecule has 2 heterocycles. The molecule has 3 amide bonds. The third-order valence-corrected chi connectivity index (χ3v) is 14.2. The van der Waals surface area contributed by atoms with Crippen molar-refractivity contribution in [2.45, 2.75) is 128 Å². The Hall–Kier alpha value is -3.89. The number of benzene rings is 2. The van der Waals surface area contributed by atoms with Crippen LogP contribution in [0.1, 0.15) is 113 Å². The monoisotopic (exact) mass is 851 g/mol. The van der Waals surface area contributed by atoms with Crippen LogP contribution in [0.15, 0.2) is 53.9 Å². The number of hydrogen-bond acceptors (Lipinski definition) is 11. The summed E-state index contributed by atoms with van der Waals surface area (Å²) in [6.45, 7) is 12.0. The number of aromatic nitrogens is 1. The Kier molecular flexibility index (Phi) is 16.5. The minimum absolute atomic E-state index is 0.0393. The largest absolute Gasteiger partial charge is 0.399 e. The summed E-state index contributed by atoms with van der Waals surface area (Å²) in [6, 6.07) is 13.2. The van der Waals surface area contributed by atoms with Gasteiger partial charge in [-0.3, -0.25) is 24.0 Å². The number of nitrogens with two attached hydrogens (primary N) is 1. The Morgan fingerprint density at radius 3 is 2.53 bits per heavy atom. The standard InChI is InChI=1S/C44H65N7O6S2/c1-8-29(5)40(48-42(53)37-19-12-13-20-50(37)6)44(54)51(7)38(28(3)4)24-39(57-9-2)43-47-34(26-58-43)25-46-33-22-31-16-10-11-18-35(31)36(23-33)41(52)49-59(55,56)27-30-15-14-17-32(45)21-30/h10-11,14-18,21,26,28-29,33,36-40,46H,8-9,12-13,19-20,22-25,27,45H2,1-7H3,(H,48,53)(H,49,52)/t29-,33-,36+,37+,38+,39+,40-/m0/s1. The Morgan fingerprint density at radius 2 is 1.83 bits per heavy atom. The molecule has 0 saturated carbocycles. The predicted molar refractivity (Wildman–Crippen MR) is 234 cm³/mol. The number of carbonyl (C=O) groups is 3. The number of amides is 3. The predicted octanol–water partition coefficient (Wildman–Crippen LogP) is 5.53. The van der Waals surface area contributed by atoms with Gasteiger partial charge in [-0.25, -0.2) is 13.4 Å². The molecule has 59 heavy (non-hydrogen) atoms. The van der Waals surface area contributed by atoms with Crippen LogP contribution in [0.2, 0.25) is 0 Å². The summed E-state index contributed by atoms with van der Waals surface area (Å²) in [4.78, 5) is 50.3. The van der Waals surface area contributed by atoms with E-state index in [0.29, 0.717) is 43.7 Å². The lowest BCUT2D eigenvalue weighted by Crippen LogP contribution is -2.58. The van der Waals surface area contributed by atoms with Gasteiger partial charge in [-0.05, 0) is 86.9 Å². The Balaban J connectivity index is 1.24. The molecule has 0 spiro atoms. The maximum Gasteiger partial charge on any atom is 0.245 e. The first-order chi connectivity index (χ1) is 28.1. The Morgan fingerprint density at radius 1 is 1.07 bits per heavy atom. The number of carbonyl (C=O) groups excluding carboxylic acids is 3. The number of anilines is 1. The molecule has 1 aliphatic heterocycles. The summed E-state index contributed by atoms with van der Waals surface area (Å²) in [5, 5.41) is 9.57. The average molecular weight is 852 g/mol. The molecule has 5 rings (SSSR count). The summed E-state index contributed by atoms with van der Waals surface area (Å²) in [6.07, 6.45) is 4.91. The molecule has 7 atom stereocenters.